The van der Waals surface area contributed by atoms with Crippen molar-refractivity contribution in [3.8, 4) is 0 Å². The molecule has 0 saturated carbocycles. The fourth-order valence-electron chi connectivity index (χ4n) is 0. The van der Waals surface area contributed by atoms with Crippen LogP contribution in [0, 0.1) is 6.10 Å². The van der Waals surface area contributed by atoms with E-state index in [0.717, 1.165) is 0 Å². The molecule has 1 N–H and O–H groups in total. The van der Waals surface area contributed by atoms with E-state index in [1.807, 2.05) is 0 Å². The van der Waals surface area contributed by atoms with Crippen molar-refractivity contribution >= 4 is 11.6 Å². The quantitative estimate of drug-likeness (QED) is 0.482. The number of hydrogen-bond acceptors (Lipinski definition) is 1. The third-order valence-corrected chi connectivity index (χ3v) is 0.580. The van der Waals surface area contributed by atoms with E-state index < -0.39 is 0 Å². The molecule has 0 unspecified atom stereocenters. The van der Waals surface area contributed by atoms with E-state index in [-0.39, 0.29) is 12.0 Å². The Morgan fingerprint density at radius 2 is 2.20 bits per heavy atom. The Morgan fingerprint density at radius 1 is 2.00 bits per heavy atom. The number of hydrogen-bond donors (Lipinski definition) is 1. The largest absolute Gasteiger partial charge is 0.386 e. The zero-order valence-corrected chi connectivity index (χ0v) is 3.79. The topological polar surface area (TPSA) is 20.2 Å². The number of aliphatic hydroxyl groups is 1. The lowest BCUT2D eigenvalue weighted by atomic mass is 10.5. The zero-order valence-electron chi connectivity index (χ0n) is 3.03. The van der Waals surface area contributed by atoms with Gasteiger partial charge in [-0.3, -0.25) is 0 Å². The molecule has 0 rings (SSSR count). The first-order valence-electron chi connectivity index (χ1n) is 1.34. The van der Waals surface area contributed by atoms with E-state index in [1.165, 1.54) is 0 Å². The smallest absolute Gasteiger partial charge is 0.105 e. The van der Waals surface area contributed by atoms with Crippen LogP contribution in [0.4, 0.5) is 0 Å². The summed E-state index contributed by atoms with van der Waals surface area (Å²) in [6.45, 7) is 1.56. The van der Waals surface area contributed by atoms with Gasteiger partial charge in [0.2, 0.25) is 0 Å². The lowest BCUT2D eigenvalue weighted by molar-refractivity contribution is 0.327. The van der Waals surface area contributed by atoms with Gasteiger partial charge in [-0.05, 0) is 6.92 Å². The summed E-state index contributed by atoms with van der Waals surface area (Å²) >= 11 is 5.05. The van der Waals surface area contributed by atoms with Crippen molar-refractivity contribution in [1.82, 2.24) is 0 Å². The van der Waals surface area contributed by atoms with E-state index in [2.05, 4.69) is 0 Å². The van der Waals surface area contributed by atoms with Crippen LogP contribution in [0.3, 0.4) is 0 Å². The summed E-state index contributed by atoms with van der Waals surface area (Å²) in [6.07, 6.45) is 0.270. The molecule has 2 heteroatoms. The van der Waals surface area contributed by atoms with Crippen LogP contribution in [0.2, 0.25) is 0 Å². The lowest BCUT2D eigenvalue weighted by Gasteiger charge is -1.86. The maximum atomic E-state index is 8.15. The summed E-state index contributed by atoms with van der Waals surface area (Å²) in [6, 6.07) is 0. The van der Waals surface area contributed by atoms with Crippen molar-refractivity contribution in [2.75, 3.05) is 5.88 Å². The van der Waals surface area contributed by atoms with Crippen molar-refractivity contribution < 1.29 is 5.11 Å². The Morgan fingerprint density at radius 3 is 2.20 bits per heavy atom. The van der Waals surface area contributed by atoms with Gasteiger partial charge in [0.15, 0.2) is 0 Å². The molecule has 5 heavy (non-hydrogen) atoms. The average molecular weight is 93.5 g/mol. The van der Waals surface area contributed by atoms with Crippen LogP contribution < -0.4 is 0 Å². The molecule has 1 radical (unpaired) electrons. The molecule has 0 heterocycles. The first kappa shape index (κ1) is 5.25. The third-order valence-electron chi connectivity index (χ3n) is 0.193. The molecular formula is C3H6ClO. The Labute approximate surface area is 36.6 Å². The highest BCUT2D eigenvalue weighted by molar-refractivity contribution is 6.18. The molecule has 0 aliphatic carbocycles. The zero-order chi connectivity index (χ0) is 4.28. The number of aliphatic hydroxyl groups excluding tert-OH is 1. The Bertz CT molecular complexity index is 20.9. The molecule has 0 aliphatic heterocycles. The van der Waals surface area contributed by atoms with Crippen LogP contribution in [0.15, 0.2) is 0 Å². The molecule has 0 bridgehead atoms. The molecule has 0 saturated heterocycles. The molecule has 1 nitrogen and oxygen atoms in total. The highest BCUT2D eigenvalue weighted by Gasteiger charge is 1.86. The summed E-state index contributed by atoms with van der Waals surface area (Å²) < 4.78 is 0. The van der Waals surface area contributed by atoms with Gasteiger partial charge in [0.05, 0.1) is 5.88 Å². The SMILES string of the molecule is C[C](O)CCl. The molecule has 0 spiro atoms. The lowest BCUT2D eigenvalue weighted by Crippen LogP contribution is -1.85. The number of alkyl halides is 1. The van der Waals surface area contributed by atoms with Gasteiger partial charge in [-0.1, -0.05) is 0 Å². The van der Waals surface area contributed by atoms with E-state index in [4.69, 9.17) is 16.7 Å². The van der Waals surface area contributed by atoms with E-state index in [0.29, 0.717) is 0 Å². The van der Waals surface area contributed by atoms with Crippen LogP contribution in [-0.4, -0.2) is 11.0 Å². The van der Waals surface area contributed by atoms with Gasteiger partial charge in [0.25, 0.3) is 0 Å². The standard InChI is InChI=1S/C3H6ClO/c1-3(5)2-4/h5H,2H2,1H3. The maximum Gasteiger partial charge on any atom is 0.105 e. The Kier molecular flexibility index (Phi) is 2.61. The van der Waals surface area contributed by atoms with Crippen molar-refractivity contribution in [1.29, 1.82) is 0 Å². The molecule has 31 valence electrons. The summed E-state index contributed by atoms with van der Waals surface area (Å²) in [5.74, 6) is 0.250. The van der Waals surface area contributed by atoms with Crippen molar-refractivity contribution in [3.63, 3.8) is 0 Å². The molecule has 0 aromatic carbocycles. The van der Waals surface area contributed by atoms with Crippen LogP contribution in [0.25, 0.3) is 0 Å². The second-order valence-corrected chi connectivity index (χ2v) is 1.14. The molecule has 0 aromatic rings. The first-order chi connectivity index (χ1) is 2.27. The number of halogens is 1. The van der Waals surface area contributed by atoms with Gasteiger partial charge < -0.3 is 5.11 Å². The third kappa shape index (κ3) is 4.25. The Balaban J connectivity index is 2.54. The van der Waals surface area contributed by atoms with Gasteiger partial charge >= 0.3 is 0 Å². The predicted octanol–water partition coefficient (Wildman–Crippen LogP) is 1.15. The molecular weight excluding hydrogens is 87.5 g/mol. The van der Waals surface area contributed by atoms with Crippen LogP contribution in [0.1, 0.15) is 6.92 Å². The first-order valence-corrected chi connectivity index (χ1v) is 1.88. The molecule has 0 aromatic heterocycles. The fraction of sp³-hybridized carbons (Fsp3) is 0.667. The molecule has 0 atom stereocenters. The van der Waals surface area contributed by atoms with Gasteiger partial charge in [-0.2, -0.15) is 0 Å². The molecule has 0 aliphatic rings. The van der Waals surface area contributed by atoms with Gasteiger partial charge in [-0.25, -0.2) is 0 Å². The normalized spacial score (nSPS) is 9.60. The molecule has 0 fully saturated rings. The summed E-state index contributed by atoms with van der Waals surface area (Å²) in [5.41, 5.74) is 0. The minimum Gasteiger partial charge on any atom is -0.386 e. The minimum atomic E-state index is 0.250. The minimum absolute atomic E-state index is 0.250. The van der Waals surface area contributed by atoms with E-state index in [9.17, 15) is 0 Å². The molecule has 0 amide bonds. The van der Waals surface area contributed by atoms with Crippen molar-refractivity contribution in [2.24, 2.45) is 0 Å². The van der Waals surface area contributed by atoms with Crippen molar-refractivity contribution in [2.45, 2.75) is 6.92 Å². The van der Waals surface area contributed by atoms with Crippen LogP contribution in [0.5, 0.6) is 0 Å². The summed E-state index contributed by atoms with van der Waals surface area (Å²) in [5, 5.41) is 8.15. The van der Waals surface area contributed by atoms with Crippen LogP contribution in [-0.2, 0) is 0 Å². The predicted molar refractivity (Wildman–Crippen MR) is 21.6 cm³/mol. The second kappa shape index (κ2) is 2.49. The van der Waals surface area contributed by atoms with Gasteiger partial charge in [0.1, 0.15) is 6.10 Å². The summed E-state index contributed by atoms with van der Waals surface area (Å²) in [4.78, 5) is 0. The van der Waals surface area contributed by atoms with E-state index in [1.54, 1.807) is 6.92 Å². The number of rotatable bonds is 1. The second-order valence-electron chi connectivity index (χ2n) is 0.869. The maximum absolute atomic E-state index is 8.15. The van der Waals surface area contributed by atoms with Crippen LogP contribution >= 0.6 is 11.6 Å². The van der Waals surface area contributed by atoms with E-state index >= 15 is 0 Å². The highest BCUT2D eigenvalue weighted by atomic mass is 35.5. The monoisotopic (exact) mass is 93.0 g/mol. The Hall–Kier alpha value is 0.250. The highest BCUT2D eigenvalue weighted by Crippen LogP contribution is 1.90. The average Bonchev–Trinajstić information content (AvgIpc) is 1.38. The van der Waals surface area contributed by atoms with Gasteiger partial charge in [0, 0.05) is 0 Å². The van der Waals surface area contributed by atoms with Gasteiger partial charge in [-0.15, -0.1) is 11.6 Å². The fourth-order valence-corrected chi connectivity index (χ4v) is 0. The van der Waals surface area contributed by atoms with Crippen molar-refractivity contribution in [3.05, 3.63) is 6.10 Å². The summed E-state index contributed by atoms with van der Waals surface area (Å²) in [7, 11) is 0.